The topological polar surface area (TPSA) is 60.7 Å². The summed E-state index contributed by atoms with van der Waals surface area (Å²) < 4.78 is 15.8. The summed E-state index contributed by atoms with van der Waals surface area (Å²) in [5.41, 5.74) is 0. The fraction of sp³-hybridized carbons (Fsp3) is 0.312. The zero-order valence-electron chi connectivity index (χ0n) is 12.0. The average Bonchev–Trinajstić information content (AvgIpc) is 3.03. The van der Waals surface area contributed by atoms with E-state index in [1.807, 2.05) is 30.3 Å². The number of hydrogen-bond acceptors (Lipinski definition) is 4. The molecule has 2 rings (SSSR count). The Morgan fingerprint density at radius 2 is 2.10 bits per heavy atom. The van der Waals surface area contributed by atoms with Gasteiger partial charge in [-0.25, -0.2) is 0 Å². The summed E-state index contributed by atoms with van der Waals surface area (Å²) in [4.78, 5) is 11.6. The molecule has 0 bridgehead atoms. The number of benzene rings is 1. The lowest BCUT2D eigenvalue weighted by Crippen LogP contribution is -2.28. The number of carbonyl (C=O) groups is 1. The molecular weight excluding hydrogens is 270 g/mol. The van der Waals surface area contributed by atoms with E-state index < -0.39 is 0 Å². The van der Waals surface area contributed by atoms with E-state index in [2.05, 4.69) is 5.32 Å². The highest BCUT2D eigenvalue weighted by Crippen LogP contribution is 2.18. The van der Waals surface area contributed by atoms with Gasteiger partial charge in [-0.05, 0) is 24.3 Å². The maximum atomic E-state index is 11.6. The van der Waals surface area contributed by atoms with Crippen LogP contribution in [0.15, 0.2) is 47.1 Å². The molecule has 1 aromatic heterocycles. The lowest BCUT2D eigenvalue weighted by atomic mass is 10.2. The molecule has 112 valence electrons. The van der Waals surface area contributed by atoms with Crippen LogP contribution >= 0.6 is 0 Å². The van der Waals surface area contributed by atoms with Gasteiger partial charge in [0.25, 0.3) is 0 Å². The minimum absolute atomic E-state index is 0.0133. The van der Waals surface area contributed by atoms with Crippen LogP contribution in [0.1, 0.15) is 12.2 Å². The molecule has 2 aromatic rings. The number of methoxy groups -OCH3 is 1. The Bertz CT molecular complexity index is 551. The highest BCUT2D eigenvalue weighted by Gasteiger charge is 2.03. The van der Waals surface area contributed by atoms with Crippen LogP contribution in [0.5, 0.6) is 11.5 Å². The van der Waals surface area contributed by atoms with Gasteiger partial charge < -0.3 is 19.2 Å². The summed E-state index contributed by atoms with van der Waals surface area (Å²) in [7, 11) is 1.61. The Kier molecular flexibility index (Phi) is 5.70. The van der Waals surface area contributed by atoms with Crippen molar-refractivity contribution in [3.63, 3.8) is 0 Å². The molecule has 0 aliphatic rings. The number of nitrogens with one attached hydrogen (secondary N) is 1. The van der Waals surface area contributed by atoms with Gasteiger partial charge in [0, 0.05) is 18.9 Å². The van der Waals surface area contributed by atoms with Crippen LogP contribution in [0, 0.1) is 0 Å². The quantitative estimate of drug-likeness (QED) is 0.758. The molecule has 1 heterocycles. The van der Waals surface area contributed by atoms with Gasteiger partial charge in [-0.3, -0.25) is 4.79 Å². The van der Waals surface area contributed by atoms with Crippen molar-refractivity contribution < 1.29 is 18.7 Å². The van der Waals surface area contributed by atoms with Crippen LogP contribution < -0.4 is 14.8 Å². The van der Waals surface area contributed by atoms with Crippen LogP contribution in [-0.2, 0) is 11.2 Å². The number of aryl methyl sites for hydroxylation is 1. The first-order valence-electron chi connectivity index (χ1n) is 6.84. The van der Waals surface area contributed by atoms with Crippen molar-refractivity contribution in [2.75, 3.05) is 20.3 Å². The van der Waals surface area contributed by atoms with Gasteiger partial charge in [-0.1, -0.05) is 6.07 Å². The van der Waals surface area contributed by atoms with Crippen LogP contribution in [0.3, 0.4) is 0 Å². The van der Waals surface area contributed by atoms with E-state index in [0.717, 1.165) is 17.3 Å². The first-order chi connectivity index (χ1) is 10.3. The monoisotopic (exact) mass is 289 g/mol. The Morgan fingerprint density at radius 3 is 2.86 bits per heavy atom. The Labute approximate surface area is 123 Å². The third kappa shape index (κ3) is 5.22. The van der Waals surface area contributed by atoms with Crippen molar-refractivity contribution >= 4 is 5.91 Å². The first-order valence-corrected chi connectivity index (χ1v) is 6.84. The second-order valence-corrected chi connectivity index (χ2v) is 4.46. The van der Waals surface area contributed by atoms with Crippen LogP contribution in [0.4, 0.5) is 0 Å². The van der Waals surface area contributed by atoms with Gasteiger partial charge in [-0.2, -0.15) is 0 Å². The normalized spacial score (nSPS) is 10.1. The predicted octanol–water partition coefficient (Wildman–Crippen LogP) is 2.42. The van der Waals surface area contributed by atoms with Gasteiger partial charge in [0.15, 0.2) is 0 Å². The molecule has 1 amide bonds. The minimum atomic E-state index is -0.0133. The molecule has 0 spiro atoms. The lowest BCUT2D eigenvalue weighted by Gasteiger charge is -2.08. The largest absolute Gasteiger partial charge is 0.497 e. The van der Waals surface area contributed by atoms with E-state index in [1.54, 1.807) is 19.4 Å². The maximum absolute atomic E-state index is 11.6. The fourth-order valence-corrected chi connectivity index (χ4v) is 1.83. The van der Waals surface area contributed by atoms with E-state index >= 15 is 0 Å². The molecule has 0 radical (unpaired) electrons. The summed E-state index contributed by atoms with van der Waals surface area (Å²) in [5, 5.41) is 2.81. The highest BCUT2D eigenvalue weighted by molar-refractivity contribution is 5.76. The van der Waals surface area contributed by atoms with Crippen molar-refractivity contribution in [2.24, 2.45) is 0 Å². The highest BCUT2D eigenvalue weighted by atomic mass is 16.5. The van der Waals surface area contributed by atoms with Crippen LogP contribution in [0.2, 0.25) is 0 Å². The zero-order chi connectivity index (χ0) is 14.9. The zero-order valence-corrected chi connectivity index (χ0v) is 12.0. The number of furan rings is 1. The molecule has 0 aliphatic heterocycles. The molecule has 0 atom stereocenters. The van der Waals surface area contributed by atoms with Crippen LogP contribution in [0.25, 0.3) is 0 Å². The minimum Gasteiger partial charge on any atom is -0.497 e. The molecule has 5 heteroatoms. The number of rotatable bonds is 8. The van der Waals surface area contributed by atoms with Crippen molar-refractivity contribution in [3.05, 3.63) is 48.4 Å². The van der Waals surface area contributed by atoms with Gasteiger partial charge >= 0.3 is 0 Å². The van der Waals surface area contributed by atoms with Crippen LogP contribution in [-0.4, -0.2) is 26.2 Å². The van der Waals surface area contributed by atoms with Crippen molar-refractivity contribution in [1.29, 1.82) is 0 Å². The molecule has 1 N–H and O–H groups in total. The second kappa shape index (κ2) is 7.99. The molecule has 0 saturated carbocycles. The molecule has 0 fully saturated rings. The molecule has 0 unspecified atom stereocenters. The summed E-state index contributed by atoms with van der Waals surface area (Å²) in [5.74, 6) is 2.27. The maximum Gasteiger partial charge on any atom is 0.220 e. The van der Waals surface area contributed by atoms with E-state index in [-0.39, 0.29) is 5.91 Å². The summed E-state index contributed by atoms with van der Waals surface area (Å²) >= 11 is 0. The van der Waals surface area contributed by atoms with Gasteiger partial charge in [0.05, 0.1) is 19.9 Å². The number of hydrogen-bond donors (Lipinski definition) is 1. The summed E-state index contributed by atoms with van der Waals surface area (Å²) in [6.07, 6.45) is 2.62. The second-order valence-electron chi connectivity index (χ2n) is 4.46. The first kappa shape index (κ1) is 15.0. The third-order valence-electron chi connectivity index (χ3n) is 2.91. The average molecular weight is 289 g/mol. The third-order valence-corrected chi connectivity index (χ3v) is 2.91. The Morgan fingerprint density at radius 1 is 1.24 bits per heavy atom. The van der Waals surface area contributed by atoms with Gasteiger partial charge in [0.1, 0.15) is 23.9 Å². The van der Waals surface area contributed by atoms with Gasteiger partial charge in [-0.15, -0.1) is 0 Å². The number of carbonyl (C=O) groups excluding carboxylic acids is 1. The van der Waals surface area contributed by atoms with Crippen molar-refractivity contribution in [1.82, 2.24) is 5.32 Å². The van der Waals surface area contributed by atoms with E-state index in [4.69, 9.17) is 13.9 Å². The Balaban J connectivity index is 1.61. The molecule has 5 nitrogen and oxygen atoms in total. The molecule has 1 aromatic carbocycles. The molecule has 0 saturated heterocycles. The smallest absolute Gasteiger partial charge is 0.220 e. The standard InChI is InChI=1S/C16H19NO4/c1-19-14-4-2-5-15(12-14)21-11-9-17-16(18)8-7-13-6-3-10-20-13/h2-6,10,12H,7-9,11H2,1H3,(H,17,18). The summed E-state index contributed by atoms with van der Waals surface area (Å²) in [6, 6.07) is 11.0. The van der Waals surface area contributed by atoms with Crippen molar-refractivity contribution in [3.8, 4) is 11.5 Å². The number of ether oxygens (including phenoxy) is 2. The predicted molar refractivity (Wildman–Crippen MR) is 78.5 cm³/mol. The Hall–Kier alpha value is -2.43. The van der Waals surface area contributed by atoms with E-state index in [1.165, 1.54) is 0 Å². The fourth-order valence-electron chi connectivity index (χ4n) is 1.83. The van der Waals surface area contributed by atoms with Crippen molar-refractivity contribution in [2.45, 2.75) is 12.8 Å². The number of amides is 1. The molecule has 0 aliphatic carbocycles. The summed E-state index contributed by atoms with van der Waals surface area (Å²) in [6.45, 7) is 0.883. The van der Waals surface area contributed by atoms with E-state index in [0.29, 0.717) is 26.0 Å². The SMILES string of the molecule is COc1cccc(OCCNC(=O)CCc2ccco2)c1. The van der Waals surface area contributed by atoms with Gasteiger partial charge in [0.2, 0.25) is 5.91 Å². The van der Waals surface area contributed by atoms with E-state index in [9.17, 15) is 4.79 Å². The molecular formula is C16H19NO4. The molecule has 21 heavy (non-hydrogen) atoms. The lowest BCUT2D eigenvalue weighted by molar-refractivity contribution is -0.121.